The minimum atomic E-state index is 0.507. The van der Waals surface area contributed by atoms with Gasteiger partial charge in [-0.3, -0.25) is 4.90 Å². The first-order chi connectivity index (χ1) is 10.1. The number of hydrogen-bond donors (Lipinski definition) is 1. The average Bonchev–Trinajstić information content (AvgIpc) is 2.85. The van der Waals surface area contributed by atoms with Crippen molar-refractivity contribution in [2.24, 2.45) is 5.92 Å². The molecule has 1 saturated heterocycles. The van der Waals surface area contributed by atoms with Crippen molar-refractivity contribution in [1.82, 2.24) is 10.2 Å². The number of benzene rings is 1. The first-order valence-corrected chi connectivity index (χ1v) is 8.66. The zero-order valence-corrected chi connectivity index (χ0v) is 14.2. The lowest BCUT2D eigenvalue weighted by atomic mass is 10.0. The van der Waals surface area contributed by atoms with E-state index in [1.54, 1.807) is 0 Å². The van der Waals surface area contributed by atoms with E-state index >= 15 is 0 Å². The highest BCUT2D eigenvalue weighted by atomic mass is 15.2. The Labute approximate surface area is 130 Å². The lowest BCUT2D eigenvalue weighted by Crippen LogP contribution is -2.42. The zero-order valence-electron chi connectivity index (χ0n) is 14.2. The Morgan fingerprint density at radius 2 is 1.86 bits per heavy atom. The van der Waals surface area contributed by atoms with E-state index in [4.69, 9.17) is 0 Å². The smallest absolute Gasteiger partial charge is 0.0478 e. The van der Waals surface area contributed by atoms with Crippen molar-refractivity contribution >= 4 is 0 Å². The van der Waals surface area contributed by atoms with Crippen molar-refractivity contribution in [1.29, 1.82) is 0 Å². The van der Waals surface area contributed by atoms with Crippen LogP contribution >= 0.6 is 0 Å². The van der Waals surface area contributed by atoms with Crippen LogP contribution in [0.4, 0.5) is 0 Å². The average molecular weight is 288 g/mol. The van der Waals surface area contributed by atoms with E-state index < -0.39 is 0 Å². The molecule has 1 aromatic rings. The molecular formula is C19H32N2. The molecule has 0 amide bonds. The fourth-order valence-corrected chi connectivity index (χ4v) is 3.65. The molecule has 2 rings (SSSR count). The number of nitrogens with zero attached hydrogens (tertiary/aromatic N) is 1. The fraction of sp³-hybridized carbons (Fsp3) is 0.684. The minimum Gasteiger partial charge on any atom is -0.315 e. The van der Waals surface area contributed by atoms with Crippen LogP contribution in [0.25, 0.3) is 0 Å². The quantitative estimate of drug-likeness (QED) is 0.807. The van der Waals surface area contributed by atoms with Gasteiger partial charge in [0.2, 0.25) is 0 Å². The van der Waals surface area contributed by atoms with Crippen molar-refractivity contribution < 1.29 is 0 Å². The number of hydrogen-bond acceptors (Lipinski definition) is 2. The predicted octanol–water partition coefficient (Wildman–Crippen LogP) is 4.24. The van der Waals surface area contributed by atoms with Gasteiger partial charge in [-0.15, -0.1) is 0 Å². The van der Waals surface area contributed by atoms with Gasteiger partial charge in [0.15, 0.2) is 0 Å². The van der Waals surface area contributed by atoms with E-state index in [2.05, 4.69) is 68.2 Å². The summed E-state index contributed by atoms with van der Waals surface area (Å²) < 4.78 is 0. The van der Waals surface area contributed by atoms with Gasteiger partial charge in [-0.2, -0.15) is 0 Å². The summed E-state index contributed by atoms with van der Waals surface area (Å²) in [6.07, 6.45) is 3.95. The summed E-state index contributed by atoms with van der Waals surface area (Å²) in [5.41, 5.74) is 1.46. The first kappa shape index (κ1) is 16.5. The van der Waals surface area contributed by atoms with Crippen LogP contribution in [0.2, 0.25) is 0 Å². The van der Waals surface area contributed by atoms with Crippen LogP contribution in [0.5, 0.6) is 0 Å². The highest BCUT2D eigenvalue weighted by Crippen LogP contribution is 2.34. The second-order valence-electron chi connectivity index (χ2n) is 6.91. The molecule has 1 aromatic carbocycles. The van der Waals surface area contributed by atoms with Crippen molar-refractivity contribution in [3.8, 4) is 0 Å². The van der Waals surface area contributed by atoms with Gasteiger partial charge in [0.05, 0.1) is 0 Å². The minimum absolute atomic E-state index is 0.507. The Hall–Kier alpha value is -0.860. The highest BCUT2D eigenvalue weighted by Gasteiger charge is 2.35. The Kier molecular flexibility index (Phi) is 6.25. The van der Waals surface area contributed by atoms with E-state index in [1.165, 1.54) is 24.8 Å². The molecular weight excluding hydrogens is 256 g/mol. The number of rotatable bonds is 7. The van der Waals surface area contributed by atoms with Gasteiger partial charge in [0.25, 0.3) is 0 Å². The van der Waals surface area contributed by atoms with E-state index in [9.17, 15) is 0 Å². The summed E-state index contributed by atoms with van der Waals surface area (Å²) in [5.74, 6) is 0.708. The van der Waals surface area contributed by atoms with Crippen LogP contribution in [0.15, 0.2) is 30.3 Å². The lowest BCUT2D eigenvalue weighted by Gasteiger charge is -2.37. The molecule has 0 spiro atoms. The molecule has 118 valence electrons. The summed E-state index contributed by atoms with van der Waals surface area (Å²) in [6.45, 7) is 11.4. The van der Waals surface area contributed by atoms with Gasteiger partial charge < -0.3 is 5.32 Å². The Morgan fingerprint density at radius 1 is 1.14 bits per heavy atom. The monoisotopic (exact) mass is 288 g/mol. The van der Waals surface area contributed by atoms with Crippen molar-refractivity contribution in [3.63, 3.8) is 0 Å². The summed E-state index contributed by atoms with van der Waals surface area (Å²) in [7, 11) is 0. The van der Waals surface area contributed by atoms with Crippen LogP contribution in [-0.2, 0) is 0 Å². The molecule has 3 atom stereocenters. The second-order valence-corrected chi connectivity index (χ2v) is 6.91. The predicted molar refractivity (Wildman–Crippen MR) is 91.5 cm³/mol. The van der Waals surface area contributed by atoms with Crippen molar-refractivity contribution in [2.75, 3.05) is 13.1 Å². The topological polar surface area (TPSA) is 15.3 Å². The van der Waals surface area contributed by atoms with E-state index in [0.29, 0.717) is 18.0 Å². The molecule has 1 N–H and O–H groups in total. The third kappa shape index (κ3) is 4.31. The number of nitrogens with one attached hydrogen (secondary N) is 1. The molecule has 0 radical (unpaired) electrons. The lowest BCUT2D eigenvalue weighted by molar-refractivity contribution is 0.130. The van der Waals surface area contributed by atoms with Crippen LogP contribution in [0.3, 0.4) is 0 Å². The van der Waals surface area contributed by atoms with Gasteiger partial charge in [0.1, 0.15) is 0 Å². The van der Waals surface area contributed by atoms with Gasteiger partial charge in [-0.25, -0.2) is 0 Å². The summed E-state index contributed by atoms with van der Waals surface area (Å²) in [4.78, 5) is 2.77. The maximum Gasteiger partial charge on any atom is 0.0478 e. The van der Waals surface area contributed by atoms with E-state index in [-0.39, 0.29) is 0 Å². The maximum absolute atomic E-state index is 3.68. The summed E-state index contributed by atoms with van der Waals surface area (Å²) >= 11 is 0. The number of likely N-dealkylation sites (tertiary alicyclic amines) is 1. The third-order valence-electron chi connectivity index (χ3n) is 4.75. The van der Waals surface area contributed by atoms with E-state index in [0.717, 1.165) is 19.1 Å². The second kappa shape index (κ2) is 7.95. The normalized spacial score (nSPS) is 24.6. The van der Waals surface area contributed by atoms with Gasteiger partial charge in [0, 0.05) is 24.7 Å². The van der Waals surface area contributed by atoms with Crippen LogP contribution < -0.4 is 5.32 Å². The molecule has 0 bridgehead atoms. The van der Waals surface area contributed by atoms with Crippen LogP contribution in [0.1, 0.15) is 58.6 Å². The molecule has 0 aromatic heterocycles. The first-order valence-electron chi connectivity index (χ1n) is 8.66. The Bertz CT molecular complexity index is 401. The molecule has 3 unspecified atom stereocenters. The third-order valence-corrected chi connectivity index (χ3v) is 4.75. The largest absolute Gasteiger partial charge is 0.315 e. The highest BCUT2D eigenvalue weighted by molar-refractivity contribution is 5.20. The van der Waals surface area contributed by atoms with Crippen LogP contribution in [-0.4, -0.2) is 30.1 Å². The maximum atomic E-state index is 3.68. The van der Waals surface area contributed by atoms with Gasteiger partial charge in [-0.05, 0) is 44.2 Å². The zero-order chi connectivity index (χ0) is 15.2. The fourth-order valence-electron chi connectivity index (χ4n) is 3.65. The Balaban J connectivity index is 2.14. The van der Waals surface area contributed by atoms with Gasteiger partial charge in [-0.1, -0.05) is 51.1 Å². The molecule has 21 heavy (non-hydrogen) atoms. The molecule has 0 saturated carbocycles. The van der Waals surface area contributed by atoms with Crippen molar-refractivity contribution in [3.05, 3.63) is 35.9 Å². The van der Waals surface area contributed by atoms with E-state index in [1.807, 2.05) is 0 Å². The molecule has 0 aliphatic carbocycles. The summed E-state index contributed by atoms with van der Waals surface area (Å²) in [6, 6.07) is 13.0. The molecule has 1 aliphatic rings. The molecule has 1 heterocycles. The van der Waals surface area contributed by atoms with Crippen molar-refractivity contribution in [2.45, 2.75) is 65.1 Å². The molecule has 1 fully saturated rings. The van der Waals surface area contributed by atoms with Crippen LogP contribution in [0, 0.1) is 5.92 Å². The molecule has 1 aliphatic heterocycles. The SMILES string of the molecule is CCC1CCC(C)N1C(CNCC(C)C)c1ccccc1. The summed E-state index contributed by atoms with van der Waals surface area (Å²) in [5, 5.41) is 3.68. The Morgan fingerprint density at radius 3 is 2.48 bits per heavy atom. The van der Waals surface area contributed by atoms with Gasteiger partial charge >= 0.3 is 0 Å². The molecule has 2 heteroatoms. The standard InChI is InChI=1S/C19H32N2/c1-5-18-12-11-16(4)21(18)19(14-20-13-15(2)3)17-9-7-6-8-10-17/h6-10,15-16,18-20H,5,11-14H2,1-4H3. The molecule has 2 nitrogen and oxygen atoms in total.